The van der Waals surface area contributed by atoms with Crippen LogP contribution in [0.15, 0.2) is 18.2 Å². The minimum atomic E-state index is -0.949. The minimum absolute atomic E-state index is 0.148. The van der Waals surface area contributed by atoms with Gasteiger partial charge >= 0.3 is 5.97 Å². The first-order valence-electron chi connectivity index (χ1n) is 6.22. The number of carbonyl (C=O) groups is 1. The Morgan fingerprint density at radius 2 is 1.95 bits per heavy atom. The van der Waals surface area contributed by atoms with Gasteiger partial charge in [0.25, 0.3) is 11.4 Å². The Bertz CT molecular complexity index is 617. The van der Waals surface area contributed by atoms with Crippen molar-refractivity contribution in [1.82, 2.24) is 0 Å². The molecule has 0 unspecified atom stereocenters. The number of anilines is 1. The lowest BCUT2D eigenvalue weighted by atomic mass is 9.99. The Balaban J connectivity index is 2.38. The molecule has 112 valence electrons. The number of hydrogen-bond acceptors (Lipinski definition) is 6. The number of nitro benzene ring substituents is 2. The Morgan fingerprint density at radius 3 is 2.43 bits per heavy atom. The van der Waals surface area contributed by atoms with E-state index in [9.17, 15) is 25.0 Å². The Labute approximate surface area is 119 Å². The maximum atomic E-state index is 11.1. The molecule has 1 saturated heterocycles. The largest absolute Gasteiger partial charge is 0.481 e. The summed E-state index contributed by atoms with van der Waals surface area (Å²) in [6.07, 6.45) is 0. The van der Waals surface area contributed by atoms with Crippen molar-refractivity contribution in [2.75, 3.05) is 18.0 Å². The molecule has 0 aliphatic carbocycles. The molecule has 0 bridgehead atoms. The van der Waals surface area contributed by atoms with E-state index in [1.54, 1.807) is 11.8 Å². The molecule has 0 saturated carbocycles. The van der Waals surface area contributed by atoms with E-state index < -0.39 is 21.7 Å². The van der Waals surface area contributed by atoms with E-state index in [1.165, 1.54) is 12.1 Å². The number of benzene rings is 1. The average Bonchev–Trinajstić information content (AvgIpc) is 2.80. The lowest BCUT2D eigenvalue weighted by molar-refractivity contribution is -0.393. The highest BCUT2D eigenvalue weighted by molar-refractivity contribution is 5.74. The van der Waals surface area contributed by atoms with Gasteiger partial charge in [-0.15, -0.1) is 0 Å². The van der Waals surface area contributed by atoms with Gasteiger partial charge < -0.3 is 10.0 Å². The van der Waals surface area contributed by atoms with Gasteiger partial charge in [-0.3, -0.25) is 25.0 Å². The van der Waals surface area contributed by atoms with E-state index in [-0.39, 0.29) is 29.5 Å². The van der Waals surface area contributed by atoms with Gasteiger partial charge in [-0.25, -0.2) is 0 Å². The molecule has 0 aromatic heterocycles. The summed E-state index contributed by atoms with van der Waals surface area (Å²) < 4.78 is 0. The van der Waals surface area contributed by atoms with Crippen molar-refractivity contribution >= 4 is 23.0 Å². The zero-order valence-electron chi connectivity index (χ0n) is 11.1. The van der Waals surface area contributed by atoms with Gasteiger partial charge in [-0.2, -0.15) is 0 Å². The Morgan fingerprint density at radius 1 is 1.29 bits per heavy atom. The van der Waals surface area contributed by atoms with Gasteiger partial charge in [-0.05, 0) is 12.0 Å². The fourth-order valence-corrected chi connectivity index (χ4v) is 2.52. The van der Waals surface area contributed by atoms with Crippen LogP contribution in [0, 0.1) is 32.1 Å². The summed E-state index contributed by atoms with van der Waals surface area (Å²) in [5, 5.41) is 30.9. The van der Waals surface area contributed by atoms with Crippen LogP contribution >= 0.6 is 0 Å². The molecule has 0 radical (unpaired) electrons. The summed E-state index contributed by atoms with van der Waals surface area (Å²) in [7, 11) is 0. The van der Waals surface area contributed by atoms with Gasteiger partial charge in [-0.1, -0.05) is 6.92 Å². The molecule has 1 aliphatic rings. The van der Waals surface area contributed by atoms with Crippen molar-refractivity contribution in [3.63, 3.8) is 0 Å². The second-order valence-electron chi connectivity index (χ2n) is 5.01. The zero-order valence-corrected chi connectivity index (χ0v) is 11.1. The minimum Gasteiger partial charge on any atom is -0.481 e. The molecule has 0 spiro atoms. The van der Waals surface area contributed by atoms with E-state index >= 15 is 0 Å². The first-order chi connectivity index (χ1) is 9.81. The van der Waals surface area contributed by atoms with Crippen LogP contribution in [0.5, 0.6) is 0 Å². The third-order valence-electron chi connectivity index (χ3n) is 3.64. The van der Waals surface area contributed by atoms with Crippen molar-refractivity contribution in [3.05, 3.63) is 38.4 Å². The number of aliphatic carboxylic acids is 1. The molecule has 1 aromatic rings. The van der Waals surface area contributed by atoms with Crippen LogP contribution in [0.1, 0.15) is 6.92 Å². The van der Waals surface area contributed by atoms with Crippen LogP contribution < -0.4 is 4.90 Å². The number of carboxylic acid groups (broad SMARTS) is 1. The maximum absolute atomic E-state index is 11.1. The molecule has 0 amide bonds. The summed E-state index contributed by atoms with van der Waals surface area (Å²) in [6.45, 7) is 2.26. The monoisotopic (exact) mass is 295 g/mol. The third-order valence-corrected chi connectivity index (χ3v) is 3.64. The van der Waals surface area contributed by atoms with Gasteiger partial charge in [0.15, 0.2) is 0 Å². The van der Waals surface area contributed by atoms with Crippen LogP contribution in [0.3, 0.4) is 0 Å². The highest BCUT2D eigenvalue weighted by Crippen LogP contribution is 2.36. The summed E-state index contributed by atoms with van der Waals surface area (Å²) in [5.41, 5.74) is -0.545. The van der Waals surface area contributed by atoms with Crippen molar-refractivity contribution < 1.29 is 19.7 Å². The topological polar surface area (TPSA) is 127 Å². The summed E-state index contributed by atoms with van der Waals surface area (Å²) in [4.78, 5) is 33.1. The highest BCUT2D eigenvalue weighted by Gasteiger charge is 2.37. The fourth-order valence-electron chi connectivity index (χ4n) is 2.52. The zero-order chi connectivity index (χ0) is 15.7. The SMILES string of the molecule is C[C@@H]1CN(c2ccc([N+](=O)[O-])cc2[N+](=O)[O-])C[C@H]1C(=O)O. The molecule has 1 fully saturated rings. The molecule has 1 heterocycles. The molecule has 9 nitrogen and oxygen atoms in total. The fraction of sp³-hybridized carbons (Fsp3) is 0.417. The summed E-state index contributed by atoms with van der Waals surface area (Å²) in [6, 6.07) is 3.38. The predicted molar refractivity (Wildman–Crippen MR) is 72.3 cm³/mol. The summed E-state index contributed by atoms with van der Waals surface area (Å²) in [5.74, 6) is -1.72. The molecule has 1 aliphatic heterocycles. The number of carboxylic acids is 1. The third kappa shape index (κ3) is 2.76. The van der Waals surface area contributed by atoms with Crippen LogP contribution in [0.4, 0.5) is 17.1 Å². The molecule has 9 heteroatoms. The van der Waals surface area contributed by atoms with Crippen LogP contribution in [-0.4, -0.2) is 34.0 Å². The van der Waals surface area contributed by atoms with E-state index in [4.69, 9.17) is 5.11 Å². The van der Waals surface area contributed by atoms with Crippen molar-refractivity contribution in [3.8, 4) is 0 Å². The highest BCUT2D eigenvalue weighted by atomic mass is 16.6. The molecule has 1 N–H and O–H groups in total. The Kier molecular flexibility index (Phi) is 3.74. The van der Waals surface area contributed by atoms with Crippen molar-refractivity contribution in [2.24, 2.45) is 11.8 Å². The number of nitro groups is 2. The second kappa shape index (κ2) is 5.35. The molecule has 2 atom stereocenters. The van der Waals surface area contributed by atoms with Crippen LogP contribution in [0.2, 0.25) is 0 Å². The first-order valence-corrected chi connectivity index (χ1v) is 6.22. The van der Waals surface area contributed by atoms with E-state index in [0.717, 1.165) is 6.07 Å². The standard InChI is InChI=1S/C12H13N3O6/c1-7-5-13(6-9(7)12(16)17)10-3-2-8(14(18)19)4-11(10)15(20)21/h2-4,7,9H,5-6H2,1H3,(H,16,17)/t7-,9-/m1/s1. The molecule has 2 rings (SSSR count). The molecule has 21 heavy (non-hydrogen) atoms. The smallest absolute Gasteiger partial charge is 0.308 e. The van der Waals surface area contributed by atoms with Gasteiger partial charge in [0, 0.05) is 19.2 Å². The average molecular weight is 295 g/mol. The van der Waals surface area contributed by atoms with Gasteiger partial charge in [0.2, 0.25) is 0 Å². The van der Waals surface area contributed by atoms with Crippen LogP contribution in [-0.2, 0) is 4.79 Å². The first kappa shape index (κ1) is 14.7. The van der Waals surface area contributed by atoms with Gasteiger partial charge in [0.05, 0.1) is 21.8 Å². The quantitative estimate of drug-likeness (QED) is 0.660. The number of hydrogen-bond donors (Lipinski definition) is 1. The van der Waals surface area contributed by atoms with Gasteiger partial charge in [0.1, 0.15) is 5.69 Å². The van der Waals surface area contributed by atoms with Crippen molar-refractivity contribution in [2.45, 2.75) is 6.92 Å². The number of non-ortho nitro benzene ring substituents is 1. The number of nitrogens with zero attached hydrogens (tertiary/aromatic N) is 3. The lowest BCUT2D eigenvalue weighted by Crippen LogP contribution is -2.23. The summed E-state index contributed by atoms with van der Waals surface area (Å²) >= 11 is 0. The van der Waals surface area contributed by atoms with E-state index in [0.29, 0.717) is 6.54 Å². The molecule has 1 aromatic carbocycles. The predicted octanol–water partition coefficient (Wildman–Crippen LogP) is 1.66. The van der Waals surface area contributed by atoms with E-state index in [1.807, 2.05) is 0 Å². The number of rotatable bonds is 4. The molecular formula is C12H13N3O6. The molecular weight excluding hydrogens is 282 g/mol. The normalized spacial score (nSPS) is 21.3. The maximum Gasteiger partial charge on any atom is 0.308 e. The lowest BCUT2D eigenvalue weighted by Gasteiger charge is -2.17. The van der Waals surface area contributed by atoms with E-state index in [2.05, 4.69) is 0 Å². The Hall–Kier alpha value is -2.71. The second-order valence-corrected chi connectivity index (χ2v) is 5.01. The van der Waals surface area contributed by atoms with Crippen LogP contribution in [0.25, 0.3) is 0 Å². The van der Waals surface area contributed by atoms with Crippen molar-refractivity contribution in [1.29, 1.82) is 0 Å².